The molecule has 1 atom stereocenters. The molecule has 2 N–H and O–H groups in total. The van der Waals surface area contributed by atoms with Crippen LogP contribution in [0.25, 0.3) is 5.69 Å². The van der Waals surface area contributed by atoms with E-state index in [0.29, 0.717) is 28.4 Å². The molecule has 0 saturated carbocycles. The van der Waals surface area contributed by atoms with Gasteiger partial charge in [0.2, 0.25) is 6.10 Å². The Balaban J connectivity index is 1.45. The number of H-pyrrole nitrogens is 1. The van der Waals surface area contributed by atoms with Crippen LogP contribution in [-0.2, 0) is 4.79 Å². The van der Waals surface area contributed by atoms with Gasteiger partial charge in [0.05, 0.1) is 17.5 Å². The van der Waals surface area contributed by atoms with E-state index in [9.17, 15) is 9.59 Å². The highest BCUT2D eigenvalue weighted by Crippen LogP contribution is 2.30. The highest BCUT2D eigenvalue weighted by molar-refractivity contribution is 5.85. The number of ether oxygens (including phenoxy) is 2. The van der Waals surface area contributed by atoms with E-state index >= 15 is 0 Å². The highest BCUT2D eigenvalue weighted by atomic mass is 16.6. The van der Waals surface area contributed by atoms with Crippen LogP contribution in [0.5, 0.6) is 11.5 Å². The van der Waals surface area contributed by atoms with E-state index in [1.54, 1.807) is 25.1 Å². The fourth-order valence-corrected chi connectivity index (χ4v) is 2.85. The van der Waals surface area contributed by atoms with Gasteiger partial charge >= 0.3 is 0 Å². The highest BCUT2D eigenvalue weighted by Gasteiger charge is 2.27. The van der Waals surface area contributed by atoms with Crippen LogP contribution < -0.4 is 20.5 Å². The molecule has 8 heteroatoms. The van der Waals surface area contributed by atoms with Crippen LogP contribution >= 0.6 is 0 Å². The number of aromatic amines is 1. The first kappa shape index (κ1) is 17.6. The van der Waals surface area contributed by atoms with Crippen molar-refractivity contribution in [3.63, 3.8) is 0 Å². The molecule has 1 aliphatic rings. The van der Waals surface area contributed by atoms with Gasteiger partial charge in [-0.2, -0.15) is 5.10 Å². The van der Waals surface area contributed by atoms with Gasteiger partial charge in [-0.05, 0) is 31.2 Å². The van der Waals surface area contributed by atoms with Crippen molar-refractivity contribution in [2.75, 3.05) is 6.61 Å². The molecule has 0 fully saturated rings. The molecule has 8 nitrogen and oxygen atoms in total. The zero-order valence-corrected chi connectivity index (χ0v) is 15.1. The minimum Gasteiger partial charge on any atom is -0.485 e. The van der Waals surface area contributed by atoms with Gasteiger partial charge in [-0.15, -0.1) is 0 Å². The van der Waals surface area contributed by atoms with Crippen molar-refractivity contribution in [1.29, 1.82) is 0 Å². The zero-order chi connectivity index (χ0) is 19.5. The number of aromatic nitrogens is 2. The molecule has 0 spiro atoms. The fraction of sp³-hybridized carbons (Fsp3) is 0.150. The third-order valence-corrected chi connectivity index (χ3v) is 4.30. The summed E-state index contributed by atoms with van der Waals surface area (Å²) in [5.41, 5.74) is 3.85. The van der Waals surface area contributed by atoms with Gasteiger partial charge in [0.15, 0.2) is 11.5 Å². The number of carbonyl (C=O) groups is 1. The van der Waals surface area contributed by atoms with Gasteiger partial charge in [-0.1, -0.05) is 30.3 Å². The molecule has 3 aromatic rings. The second kappa shape index (κ2) is 7.43. The lowest BCUT2D eigenvalue weighted by Gasteiger charge is -2.24. The number of para-hydroxylation sites is 3. The predicted octanol–water partition coefficient (Wildman–Crippen LogP) is 1.76. The summed E-state index contributed by atoms with van der Waals surface area (Å²) >= 11 is 0. The number of benzene rings is 2. The maximum absolute atomic E-state index is 12.6. The van der Waals surface area contributed by atoms with Crippen molar-refractivity contribution in [2.24, 2.45) is 5.10 Å². The molecule has 0 aliphatic carbocycles. The van der Waals surface area contributed by atoms with Crippen molar-refractivity contribution in [3.05, 3.63) is 76.2 Å². The molecule has 0 radical (unpaired) electrons. The van der Waals surface area contributed by atoms with E-state index in [-0.39, 0.29) is 12.2 Å². The molecule has 28 heavy (non-hydrogen) atoms. The molecule has 1 amide bonds. The van der Waals surface area contributed by atoms with Crippen LogP contribution in [0.15, 0.2) is 64.5 Å². The Labute approximate surface area is 160 Å². The van der Waals surface area contributed by atoms with Gasteiger partial charge < -0.3 is 9.47 Å². The lowest BCUT2D eigenvalue weighted by Crippen LogP contribution is -2.42. The van der Waals surface area contributed by atoms with E-state index in [1.807, 2.05) is 36.4 Å². The fourth-order valence-electron chi connectivity index (χ4n) is 2.85. The molecule has 142 valence electrons. The van der Waals surface area contributed by atoms with Gasteiger partial charge in [-0.25, -0.2) is 10.1 Å². The third kappa shape index (κ3) is 3.39. The smallest absolute Gasteiger partial charge is 0.284 e. The number of carbonyl (C=O) groups excluding carboxylic acids is 1. The first-order chi connectivity index (χ1) is 13.6. The van der Waals surface area contributed by atoms with E-state index < -0.39 is 12.0 Å². The molecule has 2 aromatic carbocycles. The molecule has 0 saturated heterocycles. The number of aryl methyl sites for hydroxylation is 1. The minimum absolute atomic E-state index is 0.0857. The minimum atomic E-state index is -0.819. The van der Waals surface area contributed by atoms with Gasteiger partial charge in [0.1, 0.15) is 6.61 Å². The molecule has 2 heterocycles. The number of nitrogens with zero attached hydrogens (tertiary/aromatic N) is 2. The summed E-state index contributed by atoms with van der Waals surface area (Å²) in [4.78, 5) is 24.9. The number of hydrogen-bond donors (Lipinski definition) is 2. The number of hydrogen-bond acceptors (Lipinski definition) is 5. The van der Waals surface area contributed by atoms with Crippen molar-refractivity contribution < 1.29 is 14.3 Å². The Hall–Kier alpha value is -3.81. The van der Waals surface area contributed by atoms with Crippen molar-refractivity contribution >= 4 is 12.1 Å². The number of hydrazone groups is 1. The number of amides is 1. The summed E-state index contributed by atoms with van der Waals surface area (Å²) in [6.45, 7) is 1.85. The molecular formula is C20H18N4O4. The molecule has 0 bridgehead atoms. The number of nitrogens with one attached hydrogen (secondary N) is 2. The predicted molar refractivity (Wildman–Crippen MR) is 103 cm³/mol. The molecule has 1 aliphatic heterocycles. The normalized spacial score (nSPS) is 15.5. The van der Waals surface area contributed by atoms with Crippen LogP contribution in [-0.4, -0.2) is 34.6 Å². The number of rotatable bonds is 4. The van der Waals surface area contributed by atoms with Crippen LogP contribution in [0.1, 0.15) is 11.3 Å². The first-order valence-electron chi connectivity index (χ1n) is 8.72. The third-order valence-electron chi connectivity index (χ3n) is 4.30. The Kier molecular flexibility index (Phi) is 4.67. The van der Waals surface area contributed by atoms with E-state index in [2.05, 4.69) is 15.6 Å². The van der Waals surface area contributed by atoms with E-state index in [1.165, 1.54) is 10.9 Å². The quantitative estimate of drug-likeness (QED) is 0.534. The van der Waals surface area contributed by atoms with Crippen molar-refractivity contribution in [1.82, 2.24) is 15.2 Å². The Morgan fingerprint density at radius 3 is 2.68 bits per heavy atom. The Bertz CT molecular complexity index is 1090. The topological polar surface area (TPSA) is 97.7 Å². The summed E-state index contributed by atoms with van der Waals surface area (Å²) in [6, 6.07) is 16.3. The van der Waals surface area contributed by atoms with Crippen LogP contribution in [0.3, 0.4) is 0 Å². The lowest BCUT2D eigenvalue weighted by atomic mass is 10.2. The maximum Gasteiger partial charge on any atom is 0.284 e. The largest absolute Gasteiger partial charge is 0.485 e. The van der Waals surface area contributed by atoms with Gasteiger partial charge in [0.25, 0.3) is 11.5 Å². The summed E-state index contributed by atoms with van der Waals surface area (Å²) in [7, 11) is 0. The van der Waals surface area contributed by atoms with Crippen molar-refractivity contribution in [2.45, 2.75) is 13.0 Å². The van der Waals surface area contributed by atoms with Gasteiger partial charge in [-0.3, -0.25) is 14.7 Å². The van der Waals surface area contributed by atoms with Crippen LogP contribution in [0, 0.1) is 6.92 Å². The maximum atomic E-state index is 12.6. The molecule has 4 rings (SSSR count). The average molecular weight is 378 g/mol. The van der Waals surface area contributed by atoms with E-state index in [0.717, 1.165) is 0 Å². The second-order valence-corrected chi connectivity index (χ2v) is 6.23. The summed E-state index contributed by atoms with van der Waals surface area (Å²) in [5, 5.41) is 6.91. The Morgan fingerprint density at radius 1 is 1.18 bits per heavy atom. The molecular weight excluding hydrogens is 360 g/mol. The number of fused-ring (bicyclic) bond motifs is 1. The summed E-state index contributed by atoms with van der Waals surface area (Å²) < 4.78 is 12.6. The van der Waals surface area contributed by atoms with Crippen LogP contribution in [0.2, 0.25) is 0 Å². The lowest BCUT2D eigenvalue weighted by molar-refractivity contribution is -0.130. The van der Waals surface area contributed by atoms with Crippen LogP contribution in [0.4, 0.5) is 0 Å². The average Bonchev–Trinajstić information content (AvgIpc) is 3.02. The summed E-state index contributed by atoms with van der Waals surface area (Å²) in [5.74, 6) is 0.645. The SMILES string of the molecule is Cc1[nH]n(-c2ccccc2)c(=O)c1/C=N/NC(=O)[C@H]1COc2ccccc2O1. The van der Waals surface area contributed by atoms with E-state index in [4.69, 9.17) is 9.47 Å². The molecule has 0 unspecified atom stereocenters. The first-order valence-corrected chi connectivity index (χ1v) is 8.72. The Morgan fingerprint density at radius 2 is 1.89 bits per heavy atom. The molecule has 1 aromatic heterocycles. The monoisotopic (exact) mass is 378 g/mol. The second-order valence-electron chi connectivity index (χ2n) is 6.23. The van der Waals surface area contributed by atoms with Gasteiger partial charge in [0, 0.05) is 5.69 Å². The summed E-state index contributed by atoms with van der Waals surface area (Å²) in [6.07, 6.45) is 0.503. The standard InChI is InChI=1S/C20H18N4O4/c1-13-15(20(26)24(23-13)14-7-3-2-4-8-14)11-21-22-19(25)18-12-27-16-9-5-6-10-17(16)28-18/h2-11,18,23H,12H2,1H3,(H,22,25)/b21-11+/t18-/m1/s1. The van der Waals surface area contributed by atoms with Crippen molar-refractivity contribution in [3.8, 4) is 17.2 Å². The zero-order valence-electron chi connectivity index (χ0n) is 15.1.